The van der Waals surface area contributed by atoms with Gasteiger partial charge < -0.3 is 5.32 Å². The molecule has 110 valence electrons. The number of benzene rings is 2. The standard InChI is InChI=1S/C15H11F4NO/c1-9-2-7-13(15(17,18)19)12(8-9)14(21)20-11-5-3-10(16)4-6-11/h2-8H,1H3,(H,20,21). The van der Waals surface area contributed by atoms with E-state index in [0.29, 0.717) is 5.56 Å². The fourth-order valence-electron chi connectivity index (χ4n) is 1.82. The number of anilines is 1. The zero-order valence-corrected chi connectivity index (χ0v) is 11.0. The minimum atomic E-state index is -4.62. The van der Waals surface area contributed by atoms with Crippen LogP contribution in [0.15, 0.2) is 42.5 Å². The largest absolute Gasteiger partial charge is 0.417 e. The van der Waals surface area contributed by atoms with Crippen molar-refractivity contribution in [3.63, 3.8) is 0 Å². The lowest BCUT2D eigenvalue weighted by atomic mass is 10.0. The summed E-state index contributed by atoms with van der Waals surface area (Å²) in [6.07, 6.45) is -4.62. The first-order chi connectivity index (χ1) is 9.77. The van der Waals surface area contributed by atoms with E-state index in [1.54, 1.807) is 6.92 Å². The van der Waals surface area contributed by atoms with E-state index in [0.717, 1.165) is 18.2 Å². The number of carbonyl (C=O) groups excluding carboxylic acids is 1. The fraction of sp³-hybridized carbons (Fsp3) is 0.133. The van der Waals surface area contributed by atoms with Gasteiger partial charge in [-0.15, -0.1) is 0 Å². The lowest BCUT2D eigenvalue weighted by Gasteiger charge is -2.13. The summed E-state index contributed by atoms with van der Waals surface area (Å²) in [4.78, 5) is 12.0. The fourth-order valence-corrected chi connectivity index (χ4v) is 1.82. The monoisotopic (exact) mass is 297 g/mol. The van der Waals surface area contributed by atoms with E-state index in [-0.39, 0.29) is 5.69 Å². The van der Waals surface area contributed by atoms with Gasteiger partial charge in [0.1, 0.15) is 5.82 Å². The number of aryl methyl sites for hydroxylation is 1. The molecule has 6 heteroatoms. The molecule has 0 aliphatic carbocycles. The Hall–Kier alpha value is -2.37. The Kier molecular flexibility index (Phi) is 3.97. The summed E-state index contributed by atoms with van der Waals surface area (Å²) in [6.45, 7) is 1.59. The first kappa shape index (κ1) is 15.0. The lowest BCUT2D eigenvalue weighted by molar-refractivity contribution is -0.137. The van der Waals surface area contributed by atoms with E-state index < -0.39 is 29.0 Å². The molecule has 0 bridgehead atoms. The van der Waals surface area contributed by atoms with Crippen molar-refractivity contribution in [1.29, 1.82) is 0 Å². The minimum absolute atomic E-state index is 0.219. The maximum Gasteiger partial charge on any atom is 0.417 e. The highest BCUT2D eigenvalue weighted by atomic mass is 19.4. The van der Waals surface area contributed by atoms with Crippen LogP contribution in [-0.4, -0.2) is 5.91 Å². The molecular weight excluding hydrogens is 286 g/mol. The Morgan fingerprint density at radius 3 is 2.24 bits per heavy atom. The quantitative estimate of drug-likeness (QED) is 0.818. The van der Waals surface area contributed by atoms with Crippen molar-refractivity contribution >= 4 is 11.6 Å². The number of rotatable bonds is 2. The van der Waals surface area contributed by atoms with Crippen molar-refractivity contribution < 1.29 is 22.4 Å². The summed E-state index contributed by atoms with van der Waals surface area (Å²) < 4.78 is 51.5. The van der Waals surface area contributed by atoms with Crippen LogP contribution in [0.25, 0.3) is 0 Å². The molecule has 2 aromatic rings. The van der Waals surface area contributed by atoms with Crippen LogP contribution in [-0.2, 0) is 6.18 Å². The van der Waals surface area contributed by atoms with E-state index in [1.807, 2.05) is 0 Å². The number of hydrogen-bond acceptors (Lipinski definition) is 1. The van der Waals surface area contributed by atoms with Gasteiger partial charge in [-0.1, -0.05) is 11.6 Å². The van der Waals surface area contributed by atoms with Crippen LogP contribution in [0.5, 0.6) is 0 Å². The van der Waals surface area contributed by atoms with Gasteiger partial charge in [0.2, 0.25) is 0 Å². The summed E-state index contributed by atoms with van der Waals surface area (Å²) >= 11 is 0. The van der Waals surface area contributed by atoms with Gasteiger partial charge in [0.15, 0.2) is 0 Å². The number of carbonyl (C=O) groups is 1. The normalized spacial score (nSPS) is 11.3. The number of hydrogen-bond donors (Lipinski definition) is 1. The molecule has 0 heterocycles. The molecular formula is C15H11F4NO. The van der Waals surface area contributed by atoms with Crippen molar-refractivity contribution in [2.24, 2.45) is 0 Å². The summed E-state index contributed by atoms with van der Waals surface area (Å²) in [7, 11) is 0. The van der Waals surface area contributed by atoms with Gasteiger partial charge in [-0.25, -0.2) is 4.39 Å². The van der Waals surface area contributed by atoms with Gasteiger partial charge in [0.05, 0.1) is 11.1 Å². The summed E-state index contributed by atoms with van der Waals surface area (Å²) in [6, 6.07) is 8.09. The lowest BCUT2D eigenvalue weighted by Crippen LogP contribution is -2.19. The summed E-state index contributed by atoms with van der Waals surface area (Å²) in [5.74, 6) is -1.39. The predicted octanol–water partition coefficient (Wildman–Crippen LogP) is 4.41. The van der Waals surface area contributed by atoms with Crippen LogP contribution in [0.4, 0.5) is 23.2 Å². The molecule has 0 radical (unpaired) electrons. The third-order valence-corrected chi connectivity index (χ3v) is 2.83. The Labute approximate surface area is 118 Å². The van der Waals surface area contributed by atoms with Crippen LogP contribution >= 0.6 is 0 Å². The highest BCUT2D eigenvalue weighted by Crippen LogP contribution is 2.32. The van der Waals surface area contributed by atoms with Crippen molar-refractivity contribution in [3.8, 4) is 0 Å². The second-order valence-corrected chi connectivity index (χ2v) is 4.51. The van der Waals surface area contributed by atoms with Gasteiger partial charge in [-0.3, -0.25) is 4.79 Å². The Morgan fingerprint density at radius 1 is 1.05 bits per heavy atom. The predicted molar refractivity (Wildman–Crippen MR) is 70.5 cm³/mol. The molecule has 0 spiro atoms. The number of amides is 1. The Morgan fingerprint density at radius 2 is 1.67 bits per heavy atom. The van der Waals surface area contributed by atoms with Gasteiger partial charge in [0, 0.05) is 5.69 Å². The second-order valence-electron chi connectivity index (χ2n) is 4.51. The molecule has 0 aliphatic heterocycles. The van der Waals surface area contributed by atoms with E-state index in [1.165, 1.54) is 24.3 Å². The molecule has 1 N–H and O–H groups in total. The van der Waals surface area contributed by atoms with E-state index >= 15 is 0 Å². The molecule has 0 aliphatic rings. The highest BCUT2D eigenvalue weighted by molar-refractivity contribution is 6.05. The average Bonchev–Trinajstić information content (AvgIpc) is 2.40. The Balaban J connectivity index is 2.34. The van der Waals surface area contributed by atoms with E-state index in [9.17, 15) is 22.4 Å². The second kappa shape index (κ2) is 5.55. The molecule has 0 atom stereocenters. The average molecular weight is 297 g/mol. The molecule has 21 heavy (non-hydrogen) atoms. The molecule has 0 unspecified atom stereocenters. The topological polar surface area (TPSA) is 29.1 Å². The maximum absolute atomic E-state index is 12.9. The van der Waals surface area contributed by atoms with Crippen LogP contribution in [0, 0.1) is 12.7 Å². The van der Waals surface area contributed by atoms with E-state index in [4.69, 9.17) is 0 Å². The molecule has 0 saturated heterocycles. The molecule has 2 aromatic carbocycles. The smallest absolute Gasteiger partial charge is 0.322 e. The molecule has 0 aromatic heterocycles. The highest BCUT2D eigenvalue weighted by Gasteiger charge is 2.35. The molecule has 2 rings (SSSR count). The van der Waals surface area contributed by atoms with E-state index in [2.05, 4.69) is 5.32 Å². The summed E-state index contributed by atoms with van der Waals surface area (Å²) in [5.41, 5.74) is -0.720. The van der Waals surface area contributed by atoms with Crippen LogP contribution < -0.4 is 5.32 Å². The number of nitrogens with one attached hydrogen (secondary N) is 1. The van der Waals surface area contributed by atoms with Gasteiger partial charge in [-0.05, 0) is 43.3 Å². The molecule has 0 fully saturated rings. The van der Waals surface area contributed by atoms with Crippen molar-refractivity contribution in [2.45, 2.75) is 13.1 Å². The summed E-state index contributed by atoms with van der Waals surface area (Å²) in [5, 5.41) is 2.32. The van der Waals surface area contributed by atoms with Crippen molar-refractivity contribution in [1.82, 2.24) is 0 Å². The SMILES string of the molecule is Cc1ccc(C(F)(F)F)c(C(=O)Nc2ccc(F)cc2)c1. The van der Waals surface area contributed by atoms with Gasteiger partial charge in [0.25, 0.3) is 5.91 Å². The first-order valence-corrected chi connectivity index (χ1v) is 6.02. The Bertz CT molecular complexity index is 662. The third kappa shape index (κ3) is 3.59. The van der Waals surface area contributed by atoms with Gasteiger partial charge >= 0.3 is 6.18 Å². The van der Waals surface area contributed by atoms with Crippen LogP contribution in [0.3, 0.4) is 0 Å². The van der Waals surface area contributed by atoms with Crippen LogP contribution in [0.2, 0.25) is 0 Å². The minimum Gasteiger partial charge on any atom is -0.322 e. The first-order valence-electron chi connectivity index (χ1n) is 6.02. The number of alkyl halides is 3. The third-order valence-electron chi connectivity index (χ3n) is 2.83. The van der Waals surface area contributed by atoms with Crippen LogP contribution in [0.1, 0.15) is 21.5 Å². The van der Waals surface area contributed by atoms with Crippen molar-refractivity contribution in [2.75, 3.05) is 5.32 Å². The zero-order chi connectivity index (χ0) is 15.6. The van der Waals surface area contributed by atoms with Crippen molar-refractivity contribution in [3.05, 3.63) is 65.0 Å². The number of halogens is 4. The maximum atomic E-state index is 12.9. The molecule has 2 nitrogen and oxygen atoms in total. The zero-order valence-electron chi connectivity index (χ0n) is 11.0. The molecule has 0 saturated carbocycles. The molecule has 1 amide bonds. The van der Waals surface area contributed by atoms with Gasteiger partial charge in [-0.2, -0.15) is 13.2 Å².